The second kappa shape index (κ2) is 5.77. The summed E-state index contributed by atoms with van der Waals surface area (Å²) < 4.78 is 4.65. The number of hydrogen-bond donors (Lipinski definition) is 1. The van der Waals surface area contributed by atoms with Gasteiger partial charge in [0.2, 0.25) is 0 Å². The zero-order valence-electron chi connectivity index (χ0n) is 10.2. The fourth-order valence-corrected chi connectivity index (χ4v) is 2.76. The van der Waals surface area contributed by atoms with E-state index in [0.29, 0.717) is 20.9 Å². The van der Waals surface area contributed by atoms with Crippen molar-refractivity contribution in [3.8, 4) is 0 Å². The monoisotopic (exact) mass is 316 g/mol. The third kappa shape index (κ3) is 3.00. The van der Waals surface area contributed by atoms with Crippen LogP contribution in [0.15, 0.2) is 18.2 Å². The zero-order valence-corrected chi connectivity index (χ0v) is 12.5. The predicted octanol–water partition coefficient (Wildman–Crippen LogP) is 4.29. The predicted molar refractivity (Wildman–Crippen MR) is 77.9 cm³/mol. The molecule has 1 aromatic heterocycles. The van der Waals surface area contributed by atoms with Crippen LogP contribution in [0.4, 0.5) is 10.8 Å². The molecule has 0 atom stereocenters. The molecule has 0 saturated heterocycles. The second-order valence-electron chi connectivity index (χ2n) is 3.64. The Kier molecular flexibility index (Phi) is 4.29. The number of rotatable bonds is 3. The fraction of sp³-hybridized carbons (Fsp3) is 0.167. The number of halogens is 2. The molecule has 0 amide bonds. The molecule has 0 spiro atoms. The Bertz CT molecular complexity index is 608. The van der Waals surface area contributed by atoms with Crippen molar-refractivity contribution in [3.63, 3.8) is 0 Å². The molecule has 7 heteroatoms. The lowest BCUT2D eigenvalue weighted by Crippen LogP contribution is -2.03. The molecule has 0 unspecified atom stereocenters. The smallest absolute Gasteiger partial charge is 0.357 e. The summed E-state index contributed by atoms with van der Waals surface area (Å²) in [6.45, 7) is 1.79. The van der Waals surface area contributed by atoms with Gasteiger partial charge in [0.15, 0.2) is 10.8 Å². The third-order valence-electron chi connectivity index (χ3n) is 2.37. The number of methoxy groups -OCH3 is 1. The topological polar surface area (TPSA) is 51.2 Å². The fourth-order valence-electron chi connectivity index (χ4n) is 1.46. The standard InChI is InChI=1S/C12H10Cl2N2O2S/c1-6-9(11(17)18-2)15-12(19-6)16-10-7(13)4-3-5-8(10)14/h3-5H,1-2H3,(H,15,16). The molecular weight excluding hydrogens is 307 g/mol. The van der Waals surface area contributed by atoms with E-state index < -0.39 is 5.97 Å². The molecule has 0 aliphatic carbocycles. The van der Waals surface area contributed by atoms with Crippen LogP contribution in [0.25, 0.3) is 0 Å². The highest BCUT2D eigenvalue weighted by atomic mass is 35.5. The molecule has 100 valence electrons. The van der Waals surface area contributed by atoms with Gasteiger partial charge in [-0.2, -0.15) is 0 Å². The van der Waals surface area contributed by atoms with Crippen molar-refractivity contribution in [3.05, 3.63) is 38.8 Å². The molecule has 0 radical (unpaired) electrons. The molecule has 0 bridgehead atoms. The van der Waals surface area contributed by atoms with Crippen LogP contribution in [0.2, 0.25) is 10.0 Å². The average molecular weight is 317 g/mol. The van der Waals surface area contributed by atoms with Gasteiger partial charge < -0.3 is 10.1 Å². The molecule has 19 heavy (non-hydrogen) atoms. The Labute approximate surface area is 124 Å². The number of benzene rings is 1. The number of nitrogens with zero attached hydrogens (tertiary/aromatic N) is 1. The number of hydrogen-bond acceptors (Lipinski definition) is 5. The van der Waals surface area contributed by atoms with E-state index >= 15 is 0 Å². The highest BCUT2D eigenvalue weighted by Crippen LogP contribution is 2.34. The molecule has 0 saturated carbocycles. The number of esters is 1. The van der Waals surface area contributed by atoms with Gasteiger partial charge in [-0.15, -0.1) is 11.3 Å². The SMILES string of the molecule is COC(=O)c1nc(Nc2c(Cl)cccc2Cl)sc1C. The van der Waals surface area contributed by atoms with E-state index in [1.807, 2.05) is 0 Å². The number of aryl methyl sites for hydroxylation is 1. The van der Waals surface area contributed by atoms with Gasteiger partial charge in [-0.05, 0) is 19.1 Å². The molecule has 0 aliphatic rings. The van der Waals surface area contributed by atoms with Crippen molar-refractivity contribution in [1.82, 2.24) is 4.98 Å². The normalized spacial score (nSPS) is 10.3. The summed E-state index contributed by atoms with van der Waals surface area (Å²) in [4.78, 5) is 16.4. The van der Waals surface area contributed by atoms with Gasteiger partial charge in [0.1, 0.15) is 0 Å². The number of aromatic nitrogens is 1. The maximum atomic E-state index is 11.5. The number of nitrogens with one attached hydrogen (secondary N) is 1. The Morgan fingerprint density at radius 2 is 2.00 bits per heavy atom. The number of carbonyl (C=O) groups excluding carboxylic acids is 1. The summed E-state index contributed by atoms with van der Waals surface area (Å²) in [6, 6.07) is 5.19. The highest BCUT2D eigenvalue weighted by Gasteiger charge is 2.17. The van der Waals surface area contributed by atoms with Crippen LogP contribution in [0.5, 0.6) is 0 Å². The molecule has 1 aromatic carbocycles. The van der Waals surface area contributed by atoms with Crippen molar-refractivity contribution in [2.75, 3.05) is 12.4 Å². The van der Waals surface area contributed by atoms with Gasteiger partial charge in [0, 0.05) is 4.88 Å². The summed E-state index contributed by atoms with van der Waals surface area (Å²) in [7, 11) is 1.32. The van der Waals surface area contributed by atoms with Crippen LogP contribution in [0, 0.1) is 6.92 Å². The first-order valence-electron chi connectivity index (χ1n) is 5.29. The second-order valence-corrected chi connectivity index (χ2v) is 5.65. The van der Waals surface area contributed by atoms with Gasteiger partial charge in [-0.25, -0.2) is 9.78 Å². The zero-order chi connectivity index (χ0) is 14.0. The van der Waals surface area contributed by atoms with E-state index in [1.54, 1.807) is 25.1 Å². The molecular formula is C12H10Cl2N2O2S. The van der Waals surface area contributed by atoms with Crippen LogP contribution in [0.3, 0.4) is 0 Å². The van der Waals surface area contributed by atoms with Crippen LogP contribution in [0.1, 0.15) is 15.4 Å². The Morgan fingerprint density at radius 3 is 2.58 bits per heavy atom. The van der Waals surface area contributed by atoms with Crippen molar-refractivity contribution >= 4 is 51.3 Å². The lowest BCUT2D eigenvalue weighted by atomic mass is 10.3. The van der Waals surface area contributed by atoms with Crippen LogP contribution in [-0.4, -0.2) is 18.1 Å². The molecule has 4 nitrogen and oxygen atoms in total. The average Bonchev–Trinajstić information content (AvgIpc) is 2.74. The van der Waals surface area contributed by atoms with Crippen molar-refractivity contribution in [2.45, 2.75) is 6.92 Å². The highest BCUT2D eigenvalue weighted by molar-refractivity contribution is 7.15. The Hall–Kier alpha value is -1.30. The Morgan fingerprint density at radius 1 is 1.37 bits per heavy atom. The van der Waals surface area contributed by atoms with Gasteiger partial charge in [-0.3, -0.25) is 0 Å². The van der Waals surface area contributed by atoms with Crippen molar-refractivity contribution in [1.29, 1.82) is 0 Å². The van der Waals surface area contributed by atoms with Gasteiger partial charge in [0.25, 0.3) is 0 Å². The maximum Gasteiger partial charge on any atom is 0.357 e. The van der Waals surface area contributed by atoms with Gasteiger partial charge in [0.05, 0.1) is 22.8 Å². The minimum atomic E-state index is -0.466. The number of para-hydroxylation sites is 1. The lowest BCUT2D eigenvalue weighted by Gasteiger charge is -2.06. The maximum absolute atomic E-state index is 11.5. The summed E-state index contributed by atoms with van der Waals surface area (Å²) in [5, 5.41) is 4.52. The molecule has 0 aliphatic heterocycles. The molecule has 0 fully saturated rings. The van der Waals surface area contributed by atoms with E-state index in [4.69, 9.17) is 23.2 Å². The van der Waals surface area contributed by atoms with E-state index in [-0.39, 0.29) is 5.69 Å². The summed E-state index contributed by atoms with van der Waals surface area (Å²) >= 11 is 13.4. The summed E-state index contributed by atoms with van der Waals surface area (Å²) in [6.07, 6.45) is 0. The molecule has 1 N–H and O–H groups in total. The van der Waals surface area contributed by atoms with Crippen LogP contribution < -0.4 is 5.32 Å². The quantitative estimate of drug-likeness (QED) is 0.858. The number of thiazole rings is 1. The number of ether oxygens (including phenoxy) is 1. The first kappa shape index (κ1) is 14.1. The van der Waals surface area contributed by atoms with E-state index in [0.717, 1.165) is 4.88 Å². The third-order valence-corrected chi connectivity index (χ3v) is 3.89. The van der Waals surface area contributed by atoms with Crippen LogP contribution in [-0.2, 0) is 4.74 Å². The first-order valence-corrected chi connectivity index (χ1v) is 6.87. The number of carbonyl (C=O) groups is 1. The summed E-state index contributed by atoms with van der Waals surface area (Å²) in [5.74, 6) is -0.466. The Balaban J connectivity index is 2.32. The van der Waals surface area contributed by atoms with Crippen LogP contribution >= 0.6 is 34.5 Å². The minimum absolute atomic E-state index is 0.290. The minimum Gasteiger partial charge on any atom is -0.464 e. The van der Waals surface area contributed by atoms with Gasteiger partial charge in [-0.1, -0.05) is 29.3 Å². The van der Waals surface area contributed by atoms with Gasteiger partial charge >= 0.3 is 5.97 Å². The first-order chi connectivity index (χ1) is 9.02. The van der Waals surface area contributed by atoms with E-state index in [9.17, 15) is 4.79 Å². The van der Waals surface area contributed by atoms with E-state index in [1.165, 1.54) is 18.4 Å². The lowest BCUT2D eigenvalue weighted by molar-refractivity contribution is 0.0594. The van der Waals surface area contributed by atoms with E-state index in [2.05, 4.69) is 15.0 Å². The molecule has 2 aromatic rings. The summed E-state index contributed by atoms with van der Waals surface area (Å²) in [5.41, 5.74) is 0.856. The van der Waals surface area contributed by atoms with Crippen molar-refractivity contribution < 1.29 is 9.53 Å². The largest absolute Gasteiger partial charge is 0.464 e. The van der Waals surface area contributed by atoms with Crippen molar-refractivity contribution in [2.24, 2.45) is 0 Å². The number of anilines is 2. The molecule has 2 rings (SSSR count). The molecule has 1 heterocycles.